The molecule has 0 atom stereocenters. The summed E-state index contributed by atoms with van der Waals surface area (Å²) in [6, 6.07) is 11.5. The molecule has 0 radical (unpaired) electrons. The SMILES string of the molecule is Cc1cc2c(cc1F)Nc1ccccc1S2. The fraction of sp³-hybridized carbons (Fsp3) is 0.0769. The molecule has 0 aliphatic carbocycles. The number of halogens is 1. The first kappa shape index (κ1) is 9.73. The highest BCUT2D eigenvalue weighted by Gasteiger charge is 2.16. The van der Waals surface area contributed by atoms with Crippen molar-refractivity contribution in [2.45, 2.75) is 16.7 Å². The van der Waals surface area contributed by atoms with Gasteiger partial charge in [-0.1, -0.05) is 23.9 Å². The van der Waals surface area contributed by atoms with Crippen LogP contribution in [0.1, 0.15) is 5.56 Å². The van der Waals surface area contributed by atoms with E-state index in [0.717, 1.165) is 16.3 Å². The zero-order valence-electron chi connectivity index (χ0n) is 8.75. The summed E-state index contributed by atoms with van der Waals surface area (Å²) in [5.41, 5.74) is 2.59. The third-order valence-electron chi connectivity index (χ3n) is 2.64. The summed E-state index contributed by atoms with van der Waals surface area (Å²) in [5, 5.41) is 3.25. The molecule has 3 heteroatoms. The highest BCUT2D eigenvalue weighted by atomic mass is 32.2. The maximum absolute atomic E-state index is 13.4. The first-order valence-corrected chi connectivity index (χ1v) is 5.90. The van der Waals surface area contributed by atoms with Crippen molar-refractivity contribution in [3.05, 3.63) is 47.8 Å². The van der Waals surface area contributed by atoms with Crippen LogP contribution in [0.25, 0.3) is 0 Å². The summed E-state index contributed by atoms with van der Waals surface area (Å²) < 4.78 is 13.4. The molecule has 0 aromatic heterocycles. The van der Waals surface area contributed by atoms with Crippen molar-refractivity contribution in [2.24, 2.45) is 0 Å². The molecule has 1 aliphatic rings. The van der Waals surface area contributed by atoms with E-state index >= 15 is 0 Å². The standard InChI is InChI=1S/C13H10FNS/c1-8-6-13-11(7-9(8)14)15-10-4-2-3-5-12(10)16-13/h2-7,15H,1H3. The van der Waals surface area contributed by atoms with Crippen LogP contribution in [-0.4, -0.2) is 0 Å². The van der Waals surface area contributed by atoms with E-state index in [1.807, 2.05) is 24.3 Å². The van der Waals surface area contributed by atoms with Crippen molar-refractivity contribution in [1.82, 2.24) is 0 Å². The molecule has 0 spiro atoms. The second-order valence-corrected chi connectivity index (χ2v) is 4.90. The predicted octanol–water partition coefficient (Wildman–Crippen LogP) is 4.34. The number of para-hydroxylation sites is 1. The molecule has 2 aromatic rings. The van der Waals surface area contributed by atoms with Crippen LogP contribution in [-0.2, 0) is 0 Å². The number of anilines is 2. The molecule has 0 fully saturated rings. The Labute approximate surface area is 97.7 Å². The maximum Gasteiger partial charge on any atom is 0.128 e. The third-order valence-corrected chi connectivity index (χ3v) is 3.77. The van der Waals surface area contributed by atoms with E-state index in [4.69, 9.17) is 0 Å². The lowest BCUT2D eigenvalue weighted by molar-refractivity contribution is 0.617. The lowest BCUT2D eigenvalue weighted by atomic mass is 10.2. The number of nitrogens with one attached hydrogen (secondary N) is 1. The van der Waals surface area contributed by atoms with Gasteiger partial charge in [-0.25, -0.2) is 4.39 Å². The smallest absolute Gasteiger partial charge is 0.128 e. The van der Waals surface area contributed by atoms with Gasteiger partial charge in [-0.15, -0.1) is 0 Å². The monoisotopic (exact) mass is 231 g/mol. The fourth-order valence-corrected chi connectivity index (χ4v) is 2.83. The van der Waals surface area contributed by atoms with E-state index in [-0.39, 0.29) is 5.82 Å². The van der Waals surface area contributed by atoms with Crippen molar-refractivity contribution in [1.29, 1.82) is 0 Å². The minimum Gasteiger partial charge on any atom is -0.354 e. The normalized spacial score (nSPS) is 12.6. The van der Waals surface area contributed by atoms with E-state index < -0.39 is 0 Å². The van der Waals surface area contributed by atoms with E-state index in [2.05, 4.69) is 11.4 Å². The Morgan fingerprint density at radius 3 is 2.75 bits per heavy atom. The molecule has 1 heterocycles. The maximum atomic E-state index is 13.4. The first-order valence-electron chi connectivity index (χ1n) is 5.08. The Kier molecular flexibility index (Phi) is 2.14. The second kappa shape index (κ2) is 3.52. The molecule has 0 bridgehead atoms. The minimum absolute atomic E-state index is 0.161. The van der Waals surface area contributed by atoms with Gasteiger partial charge in [0.2, 0.25) is 0 Å². The van der Waals surface area contributed by atoms with Crippen molar-refractivity contribution in [3.63, 3.8) is 0 Å². The molecule has 0 unspecified atom stereocenters. The average Bonchev–Trinajstić information content (AvgIpc) is 2.28. The summed E-state index contributed by atoms with van der Waals surface area (Å²) in [4.78, 5) is 2.26. The first-order chi connectivity index (χ1) is 7.74. The number of aryl methyl sites for hydroxylation is 1. The van der Waals surface area contributed by atoms with E-state index in [0.29, 0.717) is 5.56 Å². The van der Waals surface area contributed by atoms with Crippen molar-refractivity contribution >= 4 is 23.1 Å². The van der Waals surface area contributed by atoms with Crippen molar-refractivity contribution < 1.29 is 4.39 Å². The fourth-order valence-electron chi connectivity index (χ4n) is 1.76. The van der Waals surface area contributed by atoms with E-state index in [1.54, 1.807) is 24.8 Å². The number of hydrogen-bond donors (Lipinski definition) is 1. The van der Waals surface area contributed by atoms with Gasteiger partial charge >= 0.3 is 0 Å². The summed E-state index contributed by atoms with van der Waals surface area (Å²) in [6.07, 6.45) is 0. The summed E-state index contributed by atoms with van der Waals surface area (Å²) in [7, 11) is 0. The second-order valence-electron chi connectivity index (χ2n) is 3.82. The average molecular weight is 231 g/mol. The molecular weight excluding hydrogens is 221 g/mol. The molecule has 3 rings (SSSR count). The highest BCUT2D eigenvalue weighted by molar-refractivity contribution is 7.99. The van der Waals surface area contributed by atoms with E-state index in [9.17, 15) is 4.39 Å². The largest absolute Gasteiger partial charge is 0.354 e. The number of hydrogen-bond acceptors (Lipinski definition) is 2. The van der Waals surface area contributed by atoms with Gasteiger partial charge in [0, 0.05) is 9.79 Å². The molecule has 1 N–H and O–H groups in total. The van der Waals surface area contributed by atoms with Crippen LogP contribution in [0.4, 0.5) is 15.8 Å². The Morgan fingerprint density at radius 2 is 1.88 bits per heavy atom. The van der Waals surface area contributed by atoms with Gasteiger partial charge in [-0.3, -0.25) is 0 Å². The topological polar surface area (TPSA) is 12.0 Å². The van der Waals surface area contributed by atoms with Gasteiger partial charge < -0.3 is 5.32 Å². The van der Waals surface area contributed by atoms with Crippen LogP contribution < -0.4 is 5.32 Å². The van der Waals surface area contributed by atoms with Gasteiger partial charge in [0.05, 0.1) is 11.4 Å². The quantitative estimate of drug-likeness (QED) is 0.617. The summed E-state index contributed by atoms with van der Waals surface area (Å²) in [5.74, 6) is -0.161. The van der Waals surface area contributed by atoms with Crippen LogP contribution in [0, 0.1) is 12.7 Å². The molecule has 1 nitrogen and oxygen atoms in total. The Balaban J connectivity index is 2.12. The van der Waals surface area contributed by atoms with Crippen LogP contribution >= 0.6 is 11.8 Å². The van der Waals surface area contributed by atoms with Gasteiger partial charge in [0.25, 0.3) is 0 Å². The lowest BCUT2D eigenvalue weighted by Crippen LogP contribution is -2.00. The molecule has 0 saturated heterocycles. The van der Waals surface area contributed by atoms with Gasteiger partial charge in [-0.05, 0) is 36.8 Å². The molecule has 1 aliphatic heterocycles. The molecular formula is C13H10FNS. The van der Waals surface area contributed by atoms with Crippen molar-refractivity contribution in [3.8, 4) is 0 Å². The van der Waals surface area contributed by atoms with Crippen LogP contribution in [0.3, 0.4) is 0 Å². The van der Waals surface area contributed by atoms with E-state index in [1.165, 1.54) is 4.90 Å². The summed E-state index contributed by atoms with van der Waals surface area (Å²) >= 11 is 1.68. The van der Waals surface area contributed by atoms with Crippen LogP contribution in [0.5, 0.6) is 0 Å². The molecule has 80 valence electrons. The lowest BCUT2D eigenvalue weighted by Gasteiger charge is -2.21. The minimum atomic E-state index is -0.161. The third kappa shape index (κ3) is 1.48. The van der Waals surface area contributed by atoms with Crippen molar-refractivity contribution in [2.75, 3.05) is 5.32 Å². The number of fused-ring (bicyclic) bond motifs is 2. The Bertz CT molecular complexity index is 516. The molecule has 0 saturated carbocycles. The zero-order chi connectivity index (χ0) is 11.1. The Hall–Kier alpha value is -1.48. The molecule has 0 amide bonds. The van der Waals surface area contributed by atoms with Gasteiger partial charge in [0.1, 0.15) is 5.82 Å². The zero-order valence-corrected chi connectivity index (χ0v) is 9.57. The predicted molar refractivity (Wildman–Crippen MR) is 65.0 cm³/mol. The molecule has 2 aromatic carbocycles. The Morgan fingerprint density at radius 1 is 1.06 bits per heavy atom. The van der Waals surface area contributed by atoms with Crippen LogP contribution in [0.2, 0.25) is 0 Å². The van der Waals surface area contributed by atoms with Gasteiger partial charge in [-0.2, -0.15) is 0 Å². The van der Waals surface area contributed by atoms with Crippen LogP contribution in [0.15, 0.2) is 46.2 Å². The summed E-state index contributed by atoms with van der Waals surface area (Å²) in [6.45, 7) is 1.79. The van der Waals surface area contributed by atoms with Gasteiger partial charge in [0.15, 0.2) is 0 Å². The highest BCUT2D eigenvalue weighted by Crippen LogP contribution is 2.44. The number of benzene rings is 2. The molecule has 16 heavy (non-hydrogen) atoms. The number of rotatable bonds is 0.